The van der Waals surface area contributed by atoms with E-state index in [2.05, 4.69) is 0 Å². The van der Waals surface area contributed by atoms with Gasteiger partial charge >= 0.3 is 5.69 Å². The van der Waals surface area contributed by atoms with E-state index in [1.54, 1.807) is 4.57 Å². The van der Waals surface area contributed by atoms with Crippen molar-refractivity contribution >= 4 is 38.5 Å². The standard InChI is InChI=1S/C29H18N4O2/c34-28-25-21-15-7-9-17-23(21)31(19-11-3-1-4-12-19)27(25)30-26-22-16-8-10-18-24(22)32(29(35)33(26)28)20-13-5-2-6-14-20/h1-18H. The first-order valence-corrected chi connectivity index (χ1v) is 11.3. The molecule has 0 fully saturated rings. The smallest absolute Gasteiger partial charge is 0.294 e. The number of nitrogens with zero attached hydrogens (tertiary/aromatic N) is 4. The van der Waals surface area contributed by atoms with E-state index in [1.165, 1.54) is 4.40 Å². The van der Waals surface area contributed by atoms with Gasteiger partial charge in [-0.05, 0) is 42.5 Å². The molecule has 3 aromatic heterocycles. The summed E-state index contributed by atoms with van der Waals surface area (Å²) in [5, 5.41) is 1.91. The molecule has 7 aromatic rings. The van der Waals surface area contributed by atoms with Crippen LogP contribution in [0.2, 0.25) is 0 Å². The summed E-state index contributed by atoms with van der Waals surface area (Å²) in [6.07, 6.45) is 0. The van der Waals surface area contributed by atoms with E-state index in [0.29, 0.717) is 27.9 Å². The van der Waals surface area contributed by atoms with E-state index in [1.807, 2.05) is 114 Å². The molecular weight excluding hydrogens is 436 g/mol. The normalized spacial score (nSPS) is 11.7. The van der Waals surface area contributed by atoms with Gasteiger partial charge in [-0.3, -0.25) is 13.9 Å². The van der Waals surface area contributed by atoms with Gasteiger partial charge in [-0.2, -0.15) is 0 Å². The lowest BCUT2D eigenvalue weighted by atomic mass is 10.2. The highest BCUT2D eigenvalue weighted by atomic mass is 16.2. The Labute approximate surface area is 198 Å². The van der Waals surface area contributed by atoms with Gasteiger partial charge in [0.1, 0.15) is 0 Å². The average molecular weight is 454 g/mol. The summed E-state index contributed by atoms with van der Waals surface area (Å²) in [5.41, 5.74) is 3.20. The maximum absolute atomic E-state index is 14.1. The molecule has 0 amide bonds. The van der Waals surface area contributed by atoms with E-state index in [4.69, 9.17) is 4.98 Å². The summed E-state index contributed by atoms with van der Waals surface area (Å²) in [6, 6.07) is 34.5. The number of rotatable bonds is 2. The second kappa shape index (κ2) is 7.27. The van der Waals surface area contributed by atoms with Gasteiger partial charge in [-0.1, -0.05) is 66.7 Å². The van der Waals surface area contributed by atoms with Crippen molar-refractivity contribution in [3.8, 4) is 11.4 Å². The Bertz CT molecular complexity index is 2040. The molecule has 6 nitrogen and oxygen atoms in total. The highest BCUT2D eigenvalue weighted by Gasteiger charge is 2.21. The molecule has 0 radical (unpaired) electrons. The van der Waals surface area contributed by atoms with Crippen molar-refractivity contribution in [1.82, 2.24) is 18.5 Å². The monoisotopic (exact) mass is 454 g/mol. The fraction of sp³-hybridized carbons (Fsp3) is 0. The number of para-hydroxylation sites is 4. The second-order valence-corrected chi connectivity index (χ2v) is 8.43. The third-order valence-corrected chi connectivity index (χ3v) is 6.49. The summed E-state index contributed by atoms with van der Waals surface area (Å²) in [7, 11) is 0. The van der Waals surface area contributed by atoms with Gasteiger partial charge in [-0.25, -0.2) is 14.2 Å². The van der Waals surface area contributed by atoms with E-state index in [-0.39, 0.29) is 5.56 Å². The van der Waals surface area contributed by atoms with Crippen molar-refractivity contribution in [2.75, 3.05) is 0 Å². The molecule has 6 heteroatoms. The molecular formula is C29H18N4O2. The van der Waals surface area contributed by atoms with Gasteiger partial charge in [0.25, 0.3) is 5.56 Å². The van der Waals surface area contributed by atoms with Crippen molar-refractivity contribution in [3.05, 3.63) is 130 Å². The molecule has 0 atom stereocenters. The van der Waals surface area contributed by atoms with Crippen LogP contribution < -0.4 is 11.2 Å². The van der Waals surface area contributed by atoms with Crippen molar-refractivity contribution in [1.29, 1.82) is 0 Å². The van der Waals surface area contributed by atoms with E-state index in [9.17, 15) is 9.59 Å². The molecule has 0 N–H and O–H groups in total. The number of benzene rings is 4. The first-order valence-electron chi connectivity index (χ1n) is 11.3. The summed E-state index contributed by atoms with van der Waals surface area (Å²) in [5.74, 6) is 0. The van der Waals surface area contributed by atoms with Crippen LogP contribution in [0.25, 0.3) is 49.9 Å². The van der Waals surface area contributed by atoms with Crippen molar-refractivity contribution in [2.24, 2.45) is 0 Å². The summed E-state index contributed by atoms with van der Waals surface area (Å²) >= 11 is 0. The lowest BCUT2D eigenvalue weighted by molar-refractivity contribution is 0.883. The largest absolute Gasteiger partial charge is 0.342 e. The fourth-order valence-electron chi connectivity index (χ4n) is 4.99. The van der Waals surface area contributed by atoms with Gasteiger partial charge in [-0.15, -0.1) is 0 Å². The van der Waals surface area contributed by atoms with Crippen LogP contribution in [-0.4, -0.2) is 18.5 Å². The Morgan fingerprint density at radius 2 is 1.03 bits per heavy atom. The van der Waals surface area contributed by atoms with Crippen LogP contribution in [-0.2, 0) is 0 Å². The van der Waals surface area contributed by atoms with Gasteiger partial charge < -0.3 is 0 Å². The topological polar surface area (TPSA) is 61.3 Å². The summed E-state index contributed by atoms with van der Waals surface area (Å²) in [4.78, 5) is 33.0. The maximum atomic E-state index is 14.1. The zero-order valence-corrected chi connectivity index (χ0v) is 18.5. The summed E-state index contributed by atoms with van der Waals surface area (Å²) in [6.45, 7) is 0. The lowest BCUT2D eigenvalue weighted by Crippen LogP contribution is -2.34. The average Bonchev–Trinajstić information content (AvgIpc) is 3.24. The minimum absolute atomic E-state index is 0.343. The fourth-order valence-corrected chi connectivity index (χ4v) is 4.99. The number of fused-ring (bicyclic) bond motifs is 6. The van der Waals surface area contributed by atoms with E-state index >= 15 is 0 Å². The molecule has 7 rings (SSSR count). The lowest BCUT2D eigenvalue weighted by Gasteiger charge is -2.14. The third-order valence-electron chi connectivity index (χ3n) is 6.49. The van der Waals surface area contributed by atoms with Gasteiger partial charge in [0.2, 0.25) is 0 Å². The van der Waals surface area contributed by atoms with Crippen LogP contribution in [0.1, 0.15) is 0 Å². The van der Waals surface area contributed by atoms with Crippen LogP contribution in [0, 0.1) is 0 Å². The van der Waals surface area contributed by atoms with Crippen molar-refractivity contribution in [3.63, 3.8) is 0 Å². The Kier molecular flexibility index (Phi) is 4.05. The minimum atomic E-state index is -0.444. The first-order chi connectivity index (χ1) is 17.2. The van der Waals surface area contributed by atoms with Gasteiger partial charge in [0, 0.05) is 16.5 Å². The summed E-state index contributed by atoms with van der Waals surface area (Å²) < 4.78 is 4.77. The Morgan fingerprint density at radius 3 is 1.69 bits per heavy atom. The van der Waals surface area contributed by atoms with Crippen LogP contribution in [0.4, 0.5) is 0 Å². The van der Waals surface area contributed by atoms with Crippen LogP contribution in [0.15, 0.2) is 119 Å². The molecule has 0 aliphatic heterocycles. The third kappa shape index (κ3) is 2.68. The zero-order chi connectivity index (χ0) is 23.5. The predicted octanol–water partition coefficient (Wildman–Crippen LogP) is 5.10. The first kappa shape index (κ1) is 19.5. The predicted molar refractivity (Wildman–Crippen MR) is 139 cm³/mol. The SMILES string of the molecule is O=c1c2c3ccccc3n(-c3ccccc3)c2nc2c3ccccc3n(-c3ccccc3)c(=O)n12. The highest BCUT2D eigenvalue weighted by Crippen LogP contribution is 2.30. The number of hydrogen-bond donors (Lipinski definition) is 0. The van der Waals surface area contributed by atoms with Gasteiger partial charge in [0.05, 0.1) is 22.1 Å². The molecule has 3 heterocycles. The molecule has 0 saturated heterocycles. The molecule has 35 heavy (non-hydrogen) atoms. The molecule has 0 aliphatic rings. The molecule has 0 saturated carbocycles. The number of hydrogen-bond acceptors (Lipinski definition) is 3. The van der Waals surface area contributed by atoms with E-state index < -0.39 is 5.69 Å². The van der Waals surface area contributed by atoms with Crippen LogP contribution >= 0.6 is 0 Å². The Hall–Kier alpha value is -4.97. The molecule has 4 aromatic carbocycles. The molecule has 0 unspecified atom stereocenters. The van der Waals surface area contributed by atoms with Crippen LogP contribution in [0.5, 0.6) is 0 Å². The highest BCUT2D eigenvalue weighted by molar-refractivity contribution is 6.08. The molecule has 0 spiro atoms. The minimum Gasteiger partial charge on any atom is -0.294 e. The van der Waals surface area contributed by atoms with Crippen molar-refractivity contribution < 1.29 is 0 Å². The quantitative estimate of drug-likeness (QED) is 0.342. The molecule has 0 aliphatic carbocycles. The second-order valence-electron chi connectivity index (χ2n) is 8.43. The maximum Gasteiger partial charge on any atom is 0.342 e. The van der Waals surface area contributed by atoms with Gasteiger partial charge in [0.15, 0.2) is 11.3 Å². The van der Waals surface area contributed by atoms with E-state index in [0.717, 1.165) is 22.0 Å². The Morgan fingerprint density at radius 1 is 0.514 bits per heavy atom. The molecule has 166 valence electrons. The van der Waals surface area contributed by atoms with Crippen LogP contribution in [0.3, 0.4) is 0 Å². The number of aromatic nitrogens is 4. The Balaban J connectivity index is 1.76. The zero-order valence-electron chi connectivity index (χ0n) is 18.5. The molecule has 0 bridgehead atoms. The van der Waals surface area contributed by atoms with Crippen molar-refractivity contribution in [2.45, 2.75) is 0 Å².